The second-order valence-electron chi connectivity index (χ2n) is 6.85. The van der Waals surface area contributed by atoms with Gasteiger partial charge in [0.2, 0.25) is 0 Å². The molecule has 0 atom stereocenters. The zero-order valence-electron chi connectivity index (χ0n) is 17.7. The largest absolute Gasteiger partial charge is 0.496 e. The van der Waals surface area contributed by atoms with Gasteiger partial charge in [0, 0.05) is 0 Å². The molecule has 1 amide bonds. The number of ether oxygens (including phenoxy) is 2. The van der Waals surface area contributed by atoms with Crippen LogP contribution in [0.3, 0.4) is 0 Å². The average Bonchev–Trinajstić information content (AvgIpc) is 2.82. The van der Waals surface area contributed by atoms with Crippen LogP contribution in [0.1, 0.15) is 11.1 Å². The highest BCUT2D eigenvalue weighted by atomic mass is 127. The molecule has 0 saturated carbocycles. The van der Waals surface area contributed by atoms with Crippen LogP contribution in [-0.4, -0.2) is 17.9 Å². The van der Waals surface area contributed by atoms with E-state index in [1.165, 1.54) is 31.4 Å². The lowest BCUT2D eigenvalue weighted by atomic mass is 10.1. The first kappa shape index (κ1) is 25.4. The minimum Gasteiger partial charge on any atom is -0.496 e. The molecule has 0 spiro atoms. The van der Waals surface area contributed by atoms with Gasteiger partial charge in [-0.15, -0.1) is 0 Å². The lowest BCUT2D eigenvalue weighted by molar-refractivity contribution is -0.384. The van der Waals surface area contributed by atoms with E-state index in [1.807, 2.05) is 36.4 Å². The summed E-state index contributed by atoms with van der Waals surface area (Å²) in [7, 11) is 1.38. The zero-order valence-corrected chi connectivity index (χ0v) is 22.1. The molecule has 0 aromatic heterocycles. The van der Waals surface area contributed by atoms with Crippen LogP contribution in [-0.2, 0) is 11.4 Å². The van der Waals surface area contributed by atoms with E-state index in [1.54, 1.807) is 12.1 Å². The maximum Gasteiger partial charge on any atom is 0.296 e. The molecule has 0 aliphatic carbocycles. The minimum absolute atomic E-state index is 0.0363. The summed E-state index contributed by atoms with van der Waals surface area (Å²) in [5, 5.41) is 23.3. The van der Waals surface area contributed by atoms with Crippen molar-refractivity contribution < 1.29 is 19.2 Å². The molecule has 0 unspecified atom stereocenters. The van der Waals surface area contributed by atoms with Crippen LogP contribution >= 0.6 is 45.2 Å². The van der Waals surface area contributed by atoms with Crippen molar-refractivity contribution in [2.75, 3.05) is 12.4 Å². The van der Waals surface area contributed by atoms with Gasteiger partial charge >= 0.3 is 0 Å². The van der Waals surface area contributed by atoms with Crippen molar-refractivity contribution in [2.45, 2.75) is 6.61 Å². The number of nitro benzene ring substituents is 1. The maximum absolute atomic E-state index is 12.7. The van der Waals surface area contributed by atoms with Crippen LogP contribution in [0.2, 0.25) is 0 Å². The summed E-state index contributed by atoms with van der Waals surface area (Å²) in [5.41, 5.74) is 1.08. The number of carbonyl (C=O) groups excluding carboxylic acids is 1. The Kier molecular flexibility index (Phi) is 8.83. The molecule has 8 nitrogen and oxygen atoms in total. The first-order chi connectivity index (χ1) is 16.3. The third kappa shape index (κ3) is 6.45. The Labute approximate surface area is 223 Å². The molecular weight excluding hydrogens is 664 g/mol. The summed E-state index contributed by atoms with van der Waals surface area (Å²) in [6.45, 7) is 0.411. The number of benzene rings is 3. The van der Waals surface area contributed by atoms with Gasteiger partial charge in [-0.25, -0.2) is 0 Å². The van der Waals surface area contributed by atoms with Gasteiger partial charge < -0.3 is 14.8 Å². The minimum atomic E-state index is -0.759. The molecule has 0 fully saturated rings. The number of rotatable bonds is 8. The standard InChI is InChI=1S/C24H17I2N3O5/c1-33-18-7-8-21(22(12-18)29(31)32)28-24(30)17(13-27)9-16-10-19(25)23(20(26)11-16)34-14-15-5-3-2-4-6-15/h2-12H,14H2,1H3,(H,28,30)/b17-9+. The summed E-state index contributed by atoms with van der Waals surface area (Å²) < 4.78 is 12.6. The molecule has 1 N–H and O–H groups in total. The summed E-state index contributed by atoms with van der Waals surface area (Å²) in [6.07, 6.45) is 1.43. The molecule has 0 aliphatic rings. The van der Waals surface area contributed by atoms with E-state index < -0.39 is 10.8 Å². The number of halogens is 2. The number of nitriles is 1. The zero-order chi connectivity index (χ0) is 24.7. The number of carbonyl (C=O) groups is 1. The molecular formula is C24H17I2N3O5. The fourth-order valence-corrected chi connectivity index (χ4v) is 5.06. The predicted molar refractivity (Wildman–Crippen MR) is 145 cm³/mol. The van der Waals surface area contributed by atoms with Crippen molar-refractivity contribution in [2.24, 2.45) is 0 Å². The fourth-order valence-electron chi connectivity index (χ4n) is 2.93. The summed E-state index contributed by atoms with van der Waals surface area (Å²) in [6, 6.07) is 19.3. The molecule has 0 heterocycles. The van der Waals surface area contributed by atoms with Crippen LogP contribution in [0.5, 0.6) is 11.5 Å². The van der Waals surface area contributed by atoms with Crippen LogP contribution in [0.25, 0.3) is 6.08 Å². The summed E-state index contributed by atoms with van der Waals surface area (Å²) in [4.78, 5) is 23.4. The number of hydrogen-bond acceptors (Lipinski definition) is 6. The lowest BCUT2D eigenvalue weighted by Crippen LogP contribution is -2.14. The van der Waals surface area contributed by atoms with Gasteiger partial charge in [-0.05, 0) is 86.7 Å². The van der Waals surface area contributed by atoms with E-state index in [4.69, 9.17) is 9.47 Å². The highest BCUT2D eigenvalue weighted by molar-refractivity contribution is 14.1. The van der Waals surface area contributed by atoms with Crippen molar-refractivity contribution in [1.82, 2.24) is 0 Å². The number of anilines is 1. The highest BCUT2D eigenvalue weighted by Gasteiger charge is 2.19. The van der Waals surface area contributed by atoms with Crippen molar-refractivity contribution in [1.29, 1.82) is 5.26 Å². The molecule has 0 bridgehead atoms. The van der Waals surface area contributed by atoms with Gasteiger partial charge in [0.1, 0.15) is 35.4 Å². The van der Waals surface area contributed by atoms with Crippen molar-refractivity contribution >= 4 is 68.5 Å². The van der Waals surface area contributed by atoms with Crippen LogP contribution in [0.4, 0.5) is 11.4 Å². The highest BCUT2D eigenvalue weighted by Crippen LogP contribution is 2.31. The SMILES string of the molecule is COc1ccc(NC(=O)/C(C#N)=C/c2cc(I)c(OCc3ccccc3)c(I)c2)c([N+](=O)[O-])c1. The quantitative estimate of drug-likeness (QED) is 0.104. The average molecular weight is 681 g/mol. The Morgan fingerprint density at radius 1 is 1.15 bits per heavy atom. The molecule has 10 heteroatoms. The Bertz CT molecular complexity index is 1280. The second-order valence-corrected chi connectivity index (χ2v) is 9.18. The van der Waals surface area contributed by atoms with E-state index in [-0.39, 0.29) is 22.7 Å². The van der Waals surface area contributed by atoms with Gasteiger partial charge in [-0.1, -0.05) is 30.3 Å². The number of nitro groups is 1. The topological polar surface area (TPSA) is 114 Å². The Hall–Kier alpha value is -3.18. The molecule has 172 valence electrons. The fraction of sp³-hybridized carbons (Fsp3) is 0.0833. The third-order valence-corrected chi connectivity index (χ3v) is 6.18. The Balaban J connectivity index is 1.81. The summed E-state index contributed by atoms with van der Waals surface area (Å²) in [5.74, 6) is 0.226. The molecule has 34 heavy (non-hydrogen) atoms. The predicted octanol–water partition coefficient (Wildman–Crippen LogP) is 5.94. The number of nitrogens with one attached hydrogen (secondary N) is 1. The van der Waals surface area contributed by atoms with E-state index in [2.05, 4.69) is 50.5 Å². The number of hydrogen-bond donors (Lipinski definition) is 1. The molecule has 0 saturated heterocycles. The number of methoxy groups -OCH3 is 1. The van der Waals surface area contributed by atoms with Crippen LogP contribution in [0, 0.1) is 28.6 Å². The molecule has 0 aliphatic heterocycles. The van der Waals surface area contributed by atoms with Gasteiger partial charge in [0.15, 0.2) is 0 Å². The molecule has 0 radical (unpaired) electrons. The lowest BCUT2D eigenvalue weighted by Gasteiger charge is -2.12. The van der Waals surface area contributed by atoms with Gasteiger partial charge in [0.25, 0.3) is 11.6 Å². The Morgan fingerprint density at radius 2 is 1.82 bits per heavy atom. The molecule has 3 aromatic carbocycles. The molecule has 3 rings (SSSR count). The van der Waals surface area contributed by atoms with E-state index in [9.17, 15) is 20.2 Å². The van der Waals surface area contributed by atoms with Crippen molar-refractivity contribution in [3.63, 3.8) is 0 Å². The van der Waals surface area contributed by atoms with Gasteiger partial charge in [0.05, 0.1) is 25.2 Å². The van der Waals surface area contributed by atoms with Crippen molar-refractivity contribution in [3.05, 3.63) is 94.6 Å². The number of nitrogens with zero attached hydrogens (tertiary/aromatic N) is 2. The monoisotopic (exact) mass is 681 g/mol. The maximum atomic E-state index is 12.7. The first-order valence-electron chi connectivity index (χ1n) is 9.73. The van der Waals surface area contributed by atoms with Gasteiger partial charge in [-0.3, -0.25) is 14.9 Å². The van der Waals surface area contributed by atoms with E-state index in [0.29, 0.717) is 17.9 Å². The van der Waals surface area contributed by atoms with E-state index in [0.717, 1.165) is 12.7 Å². The normalized spacial score (nSPS) is 10.8. The first-order valence-corrected chi connectivity index (χ1v) is 11.9. The van der Waals surface area contributed by atoms with E-state index >= 15 is 0 Å². The van der Waals surface area contributed by atoms with Crippen LogP contribution < -0.4 is 14.8 Å². The third-order valence-electron chi connectivity index (χ3n) is 4.57. The Morgan fingerprint density at radius 3 is 2.41 bits per heavy atom. The second kappa shape index (κ2) is 11.8. The van der Waals surface area contributed by atoms with Crippen molar-refractivity contribution in [3.8, 4) is 17.6 Å². The van der Waals surface area contributed by atoms with Gasteiger partial charge in [-0.2, -0.15) is 5.26 Å². The smallest absolute Gasteiger partial charge is 0.296 e. The van der Waals surface area contributed by atoms with Crippen LogP contribution in [0.15, 0.2) is 66.2 Å². The molecule has 3 aromatic rings. The summed E-state index contributed by atoms with van der Waals surface area (Å²) >= 11 is 4.28. The number of amides is 1.